The van der Waals surface area contributed by atoms with Crippen molar-refractivity contribution in [3.8, 4) is 0 Å². The van der Waals surface area contributed by atoms with Crippen LogP contribution in [0.15, 0.2) is 18.2 Å². The molecule has 1 N–H and O–H groups in total. The second-order valence-electron chi connectivity index (χ2n) is 4.35. The second kappa shape index (κ2) is 5.72. The molecule has 0 spiro atoms. The molecule has 2 rings (SSSR count). The molecule has 1 heterocycles. The average Bonchev–Trinajstić information content (AvgIpc) is 2.39. The summed E-state index contributed by atoms with van der Waals surface area (Å²) in [5, 5.41) is 24.8. The fourth-order valence-corrected chi connectivity index (χ4v) is 2.08. The van der Waals surface area contributed by atoms with Gasteiger partial charge in [-0.15, -0.1) is 0 Å². The van der Waals surface area contributed by atoms with Gasteiger partial charge in [-0.2, -0.15) is 0 Å². The summed E-state index contributed by atoms with van der Waals surface area (Å²) in [7, 11) is 0. The van der Waals surface area contributed by atoms with E-state index in [9.17, 15) is 20.2 Å². The largest absolute Gasteiger partial charge is 0.314 e. The van der Waals surface area contributed by atoms with Crippen molar-refractivity contribution in [1.29, 1.82) is 0 Å². The molecule has 1 aromatic carbocycles. The number of hydrogen-bond acceptors (Lipinski definition) is 6. The Balaban J connectivity index is 2.23. The molecule has 1 saturated heterocycles. The molecule has 0 amide bonds. The van der Waals surface area contributed by atoms with E-state index in [1.54, 1.807) is 0 Å². The third-order valence-electron chi connectivity index (χ3n) is 3.08. The Kier molecular flexibility index (Phi) is 4.03. The van der Waals surface area contributed by atoms with E-state index in [1.165, 1.54) is 12.1 Å². The highest BCUT2D eigenvalue weighted by molar-refractivity contribution is 5.49. The molecule has 1 fully saturated rings. The Morgan fingerprint density at radius 2 is 1.84 bits per heavy atom. The lowest BCUT2D eigenvalue weighted by atomic mass is 10.1. The third-order valence-corrected chi connectivity index (χ3v) is 3.08. The van der Waals surface area contributed by atoms with Crippen LogP contribution in [0.2, 0.25) is 0 Å². The van der Waals surface area contributed by atoms with E-state index in [1.807, 2.05) is 0 Å². The first kappa shape index (κ1) is 13.4. The molecular weight excluding hydrogens is 252 g/mol. The predicted molar refractivity (Wildman–Crippen MR) is 67.9 cm³/mol. The quantitative estimate of drug-likeness (QED) is 0.642. The van der Waals surface area contributed by atoms with Crippen molar-refractivity contribution < 1.29 is 9.85 Å². The molecule has 102 valence electrons. The first-order valence-corrected chi connectivity index (χ1v) is 5.92. The molecule has 0 bridgehead atoms. The van der Waals surface area contributed by atoms with Crippen LogP contribution in [0.5, 0.6) is 0 Å². The topological polar surface area (TPSA) is 102 Å². The highest BCUT2D eigenvalue weighted by Gasteiger charge is 2.21. The molecule has 1 aliphatic rings. The Labute approximate surface area is 109 Å². The molecule has 19 heavy (non-hydrogen) atoms. The molecule has 0 aliphatic carbocycles. The van der Waals surface area contributed by atoms with Crippen LogP contribution in [-0.4, -0.2) is 40.9 Å². The third kappa shape index (κ3) is 3.24. The number of piperazine rings is 1. The Hall–Kier alpha value is -2.06. The first-order chi connectivity index (χ1) is 9.08. The minimum Gasteiger partial charge on any atom is -0.314 e. The highest BCUT2D eigenvalue weighted by atomic mass is 16.6. The summed E-state index contributed by atoms with van der Waals surface area (Å²) >= 11 is 0. The zero-order valence-electron chi connectivity index (χ0n) is 10.2. The van der Waals surface area contributed by atoms with Gasteiger partial charge in [-0.25, -0.2) is 0 Å². The second-order valence-corrected chi connectivity index (χ2v) is 4.35. The molecule has 0 saturated carbocycles. The maximum absolute atomic E-state index is 11.0. The highest BCUT2D eigenvalue weighted by Crippen LogP contribution is 2.25. The normalized spacial score (nSPS) is 16.2. The average molecular weight is 266 g/mol. The summed E-state index contributed by atoms with van der Waals surface area (Å²) in [5.41, 5.74) is 0.0704. The molecule has 1 aliphatic heterocycles. The first-order valence-electron chi connectivity index (χ1n) is 5.92. The number of nitrogens with zero attached hydrogens (tertiary/aromatic N) is 3. The summed E-state index contributed by atoms with van der Waals surface area (Å²) in [5.74, 6) is 0. The minimum absolute atomic E-state index is 0.187. The maximum atomic E-state index is 11.0. The van der Waals surface area contributed by atoms with Crippen molar-refractivity contribution >= 4 is 11.4 Å². The van der Waals surface area contributed by atoms with E-state index >= 15 is 0 Å². The number of nitro benzene ring substituents is 2. The number of hydrogen-bond donors (Lipinski definition) is 1. The van der Waals surface area contributed by atoms with Crippen molar-refractivity contribution in [3.05, 3.63) is 44.0 Å². The smallest absolute Gasteiger partial charge is 0.280 e. The minimum atomic E-state index is -0.623. The molecular formula is C11H14N4O4. The molecule has 8 nitrogen and oxygen atoms in total. The Morgan fingerprint density at radius 1 is 1.16 bits per heavy atom. The number of nitro groups is 2. The zero-order chi connectivity index (χ0) is 13.8. The number of benzene rings is 1. The van der Waals surface area contributed by atoms with Gasteiger partial charge >= 0.3 is 0 Å². The van der Waals surface area contributed by atoms with Crippen LogP contribution in [0.4, 0.5) is 11.4 Å². The van der Waals surface area contributed by atoms with Crippen molar-refractivity contribution in [3.63, 3.8) is 0 Å². The van der Waals surface area contributed by atoms with Crippen molar-refractivity contribution in [2.45, 2.75) is 6.54 Å². The SMILES string of the molecule is O=[N+]([O-])c1ccc(CN2CCNCC2)c([N+](=O)[O-])c1. The summed E-state index contributed by atoms with van der Waals surface area (Å²) in [4.78, 5) is 22.5. The van der Waals surface area contributed by atoms with Crippen LogP contribution in [0.3, 0.4) is 0 Å². The van der Waals surface area contributed by atoms with Gasteiger partial charge in [-0.3, -0.25) is 25.1 Å². The van der Waals surface area contributed by atoms with E-state index in [-0.39, 0.29) is 11.4 Å². The number of rotatable bonds is 4. The van der Waals surface area contributed by atoms with Crippen LogP contribution in [0.25, 0.3) is 0 Å². The molecule has 0 aromatic heterocycles. The van der Waals surface area contributed by atoms with Gasteiger partial charge in [0, 0.05) is 44.4 Å². The standard InChI is InChI=1S/C11H14N4O4/c16-14(17)10-2-1-9(11(7-10)15(18)19)8-13-5-3-12-4-6-13/h1-2,7,12H,3-6,8H2. The van der Waals surface area contributed by atoms with E-state index in [0.717, 1.165) is 32.2 Å². The molecule has 8 heteroatoms. The van der Waals surface area contributed by atoms with Gasteiger partial charge in [0.05, 0.1) is 15.9 Å². The lowest BCUT2D eigenvalue weighted by molar-refractivity contribution is -0.394. The van der Waals surface area contributed by atoms with Crippen molar-refractivity contribution in [2.24, 2.45) is 0 Å². The molecule has 1 aromatic rings. The lowest BCUT2D eigenvalue weighted by Crippen LogP contribution is -2.42. The summed E-state index contributed by atoms with van der Waals surface area (Å²) < 4.78 is 0. The van der Waals surface area contributed by atoms with E-state index in [0.29, 0.717) is 12.1 Å². The zero-order valence-corrected chi connectivity index (χ0v) is 10.2. The van der Waals surface area contributed by atoms with E-state index in [2.05, 4.69) is 10.2 Å². The fraction of sp³-hybridized carbons (Fsp3) is 0.455. The van der Waals surface area contributed by atoms with Gasteiger partial charge in [0.15, 0.2) is 0 Å². The molecule has 0 atom stereocenters. The summed E-state index contributed by atoms with van der Waals surface area (Å²) in [6.07, 6.45) is 0. The van der Waals surface area contributed by atoms with Crippen LogP contribution >= 0.6 is 0 Å². The Bertz CT molecular complexity index is 499. The molecule has 0 radical (unpaired) electrons. The number of non-ortho nitro benzene ring substituents is 1. The van der Waals surface area contributed by atoms with Gasteiger partial charge in [0.25, 0.3) is 11.4 Å². The van der Waals surface area contributed by atoms with Crippen molar-refractivity contribution in [2.75, 3.05) is 26.2 Å². The molecule has 0 unspecified atom stereocenters. The maximum Gasteiger partial charge on any atom is 0.280 e. The van der Waals surface area contributed by atoms with Gasteiger partial charge in [-0.05, 0) is 6.07 Å². The fourth-order valence-electron chi connectivity index (χ4n) is 2.08. The van der Waals surface area contributed by atoms with E-state index < -0.39 is 9.85 Å². The monoisotopic (exact) mass is 266 g/mol. The predicted octanol–water partition coefficient (Wildman–Crippen LogP) is 0.908. The van der Waals surface area contributed by atoms with Crippen LogP contribution in [0.1, 0.15) is 5.56 Å². The van der Waals surface area contributed by atoms with Gasteiger partial charge in [-0.1, -0.05) is 0 Å². The van der Waals surface area contributed by atoms with Gasteiger partial charge in [0.1, 0.15) is 0 Å². The van der Waals surface area contributed by atoms with Crippen LogP contribution in [0, 0.1) is 20.2 Å². The van der Waals surface area contributed by atoms with Crippen LogP contribution in [-0.2, 0) is 6.54 Å². The van der Waals surface area contributed by atoms with Gasteiger partial charge in [0.2, 0.25) is 0 Å². The Morgan fingerprint density at radius 3 is 2.42 bits per heavy atom. The summed E-state index contributed by atoms with van der Waals surface area (Å²) in [6, 6.07) is 3.81. The lowest BCUT2D eigenvalue weighted by Gasteiger charge is -2.26. The summed E-state index contributed by atoms with van der Waals surface area (Å²) in [6.45, 7) is 3.76. The van der Waals surface area contributed by atoms with Gasteiger partial charge < -0.3 is 5.32 Å². The van der Waals surface area contributed by atoms with E-state index in [4.69, 9.17) is 0 Å². The van der Waals surface area contributed by atoms with Crippen LogP contribution < -0.4 is 5.32 Å². The number of nitrogens with one attached hydrogen (secondary N) is 1. The van der Waals surface area contributed by atoms with Crippen molar-refractivity contribution in [1.82, 2.24) is 10.2 Å².